The van der Waals surface area contributed by atoms with Gasteiger partial charge in [0.25, 0.3) is 0 Å². The maximum atomic E-state index is 12.0. The molecule has 6 heteroatoms. The first-order chi connectivity index (χ1) is 9.35. The molecular formula is C14H19ClN2O3. The third-order valence-electron chi connectivity index (χ3n) is 3.08. The first-order valence-corrected chi connectivity index (χ1v) is 6.77. The Morgan fingerprint density at radius 1 is 1.45 bits per heavy atom. The summed E-state index contributed by atoms with van der Waals surface area (Å²) in [5.41, 5.74) is 0.377. The summed E-state index contributed by atoms with van der Waals surface area (Å²) in [6.07, 6.45) is 0.979. The summed E-state index contributed by atoms with van der Waals surface area (Å²) in [6, 6.07) is 3.88. The average Bonchev–Trinajstić information content (AvgIpc) is 2.40. The van der Waals surface area contributed by atoms with Crippen LogP contribution < -0.4 is 5.32 Å². The van der Waals surface area contributed by atoms with Crippen molar-refractivity contribution < 1.29 is 14.7 Å². The fourth-order valence-corrected chi connectivity index (χ4v) is 1.81. The van der Waals surface area contributed by atoms with Crippen LogP contribution in [0.1, 0.15) is 30.6 Å². The number of amides is 2. The smallest absolute Gasteiger partial charge is 0.335 e. The van der Waals surface area contributed by atoms with Crippen LogP contribution in [0.2, 0.25) is 5.02 Å². The van der Waals surface area contributed by atoms with Gasteiger partial charge >= 0.3 is 12.0 Å². The third-order valence-corrected chi connectivity index (χ3v) is 3.41. The van der Waals surface area contributed by atoms with Crippen molar-refractivity contribution in [2.75, 3.05) is 18.9 Å². The van der Waals surface area contributed by atoms with E-state index >= 15 is 0 Å². The molecule has 2 N–H and O–H groups in total. The van der Waals surface area contributed by atoms with Crippen LogP contribution in [0, 0.1) is 5.92 Å². The van der Waals surface area contributed by atoms with Crippen molar-refractivity contribution >= 4 is 29.3 Å². The molecule has 1 atom stereocenters. The van der Waals surface area contributed by atoms with Gasteiger partial charge in [0.2, 0.25) is 0 Å². The highest BCUT2D eigenvalue weighted by atomic mass is 35.5. The Bertz CT molecular complexity index is 505. The van der Waals surface area contributed by atoms with Crippen molar-refractivity contribution in [2.45, 2.75) is 20.3 Å². The molecule has 20 heavy (non-hydrogen) atoms. The number of aromatic carboxylic acids is 1. The number of urea groups is 1. The van der Waals surface area contributed by atoms with Gasteiger partial charge in [-0.2, -0.15) is 0 Å². The maximum Gasteiger partial charge on any atom is 0.335 e. The summed E-state index contributed by atoms with van der Waals surface area (Å²) in [5.74, 6) is -0.670. The highest BCUT2D eigenvalue weighted by Gasteiger charge is 2.14. The lowest BCUT2D eigenvalue weighted by Gasteiger charge is -2.21. The van der Waals surface area contributed by atoms with E-state index in [1.165, 1.54) is 18.2 Å². The fourth-order valence-electron chi connectivity index (χ4n) is 1.64. The predicted octanol–water partition coefficient (Wildman–Crippen LogP) is 3.55. The van der Waals surface area contributed by atoms with Gasteiger partial charge in [-0.1, -0.05) is 31.9 Å². The molecule has 0 saturated carbocycles. The van der Waals surface area contributed by atoms with Gasteiger partial charge in [0, 0.05) is 13.6 Å². The average molecular weight is 299 g/mol. The summed E-state index contributed by atoms with van der Waals surface area (Å²) in [7, 11) is 1.69. The monoisotopic (exact) mass is 298 g/mol. The number of halogens is 1. The number of carboxylic acid groups (broad SMARTS) is 1. The van der Waals surface area contributed by atoms with Crippen LogP contribution in [0.25, 0.3) is 0 Å². The molecule has 2 amide bonds. The molecule has 5 nitrogen and oxygen atoms in total. The van der Waals surface area contributed by atoms with Crippen molar-refractivity contribution in [3.63, 3.8) is 0 Å². The molecule has 1 unspecified atom stereocenters. The Morgan fingerprint density at radius 3 is 2.65 bits per heavy atom. The van der Waals surface area contributed by atoms with Crippen molar-refractivity contribution in [3.8, 4) is 0 Å². The number of hydrogen-bond donors (Lipinski definition) is 2. The molecule has 0 aliphatic carbocycles. The number of hydrogen-bond acceptors (Lipinski definition) is 2. The molecule has 0 fully saturated rings. The Labute approximate surface area is 123 Å². The van der Waals surface area contributed by atoms with E-state index in [4.69, 9.17) is 16.7 Å². The van der Waals surface area contributed by atoms with Gasteiger partial charge in [-0.15, -0.1) is 0 Å². The zero-order valence-corrected chi connectivity index (χ0v) is 12.6. The van der Waals surface area contributed by atoms with E-state index in [0.717, 1.165) is 6.42 Å². The van der Waals surface area contributed by atoms with Crippen LogP contribution >= 0.6 is 11.6 Å². The molecule has 0 aliphatic heterocycles. The molecule has 0 bridgehead atoms. The Hall–Kier alpha value is -1.75. The standard InChI is InChI=1S/C14H19ClN2O3/c1-4-9(2)8-17(3)14(20)16-12-7-10(13(18)19)5-6-11(12)15/h5-7,9H,4,8H2,1-3H3,(H,16,20)(H,18,19). The fraction of sp³-hybridized carbons (Fsp3) is 0.429. The predicted molar refractivity (Wildman–Crippen MR) is 79.5 cm³/mol. The number of benzene rings is 1. The summed E-state index contributed by atoms with van der Waals surface area (Å²) in [5, 5.41) is 11.9. The Morgan fingerprint density at radius 2 is 2.10 bits per heavy atom. The molecule has 110 valence electrons. The molecule has 1 aromatic carbocycles. The zero-order valence-electron chi connectivity index (χ0n) is 11.8. The number of carboxylic acids is 1. The zero-order chi connectivity index (χ0) is 15.3. The van der Waals surface area contributed by atoms with Gasteiger partial charge in [0.15, 0.2) is 0 Å². The van der Waals surface area contributed by atoms with Crippen molar-refractivity contribution in [1.82, 2.24) is 4.90 Å². The minimum atomic E-state index is -1.06. The Kier molecular flexibility index (Phi) is 5.82. The molecule has 1 aromatic rings. The lowest BCUT2D eigenvalue weighted by atomic mass is 10.1. The lowest BCUT2D eigenvalue weighted by molar-refractivity contribution is 0.0697. The number of carbonyl (C=O) groups is 2. The SMILES string of the molecule is CCC(C)CN(C)C(=O)Nc1cc(C(=O)O)ccc1Cl. The molecule has 0 spiro atoms. The van der Waals surface area contributed by atoms with Gasteiger partial charge in [0.1, 0.15) is 0 Å². The number of carbonyl (C=O) groups excluding carboxylic acids is 1. The van der Waals surface area contributed by atoms with E-state index in [9.17, 15) is 9.59 Å². The number of nitrogens with zero attached hydrogens (tertiary/aromatic N) is 1. The quantitative estimate of drug-likeness (QED) is 0.873. The molecule has 0 aliphatic rings. The highest BCUT2D eigenvalue weighted by molar-refractivity contribution is 6.33. The van der Waals surface area contributed by atoms with Gasteiger partial charge < -0.3 is 15.3 Å². The van der Waals surface area contributed by atoms with Crippen LogP contribution in [0.4, 0.5) is 10.5 Å². The van der Waals surface area contributed by atoms with E-state index < -0.39 is 5.97 Å². The van der Waals surface area contributed by atoms with E-state index in [1.54, 1.807) is 11.9 Å². The molecular weight excluding hydrogens is 280 g/mol. The van der Waals surface area contributed by atoms with E-state index in [1.807, 2.05) is 0 Å². The van der Waals surface area contributed by atoms with E-state index in [0.29, 0.717) is 23.2 Å². The number of rotatable bonds is 5. The summed E-state index contributed by atoms with van der Waals surface area (Å²) in [6.45, 7) is 4.74. The molecule has 0 saturated heterocycles. The third kappa shape index (κ3) is 4.42. The van der Waals surface area contributed by atoms with Crippen LogP contribution in [0.3, 0.4) is 0 Å². The number of nitrogens with one attached hydrogen (secondary N) is 1. The van der Waals surface area contributed by atoms with Gasteiger partial charge in [-0.25, -0.2) is 9.59 Å². The second-order valence-corrected chi connectivity index (χ2v) is 5.23. The van der Waals surface area contributed by atoms with Gasteiger partial charge in [-0.05, 0) is 24.1 Å². The largest absolute Gasteiger partial charge is 0.478 e. The lowest BCUT2D eigenvalue weighted by Crippen LogP contribution is -2.34. The van der Waals surface area contributed by atoms with Gasteiger partial charge in [-0.3, -0.25) is 0 Å². The minimum absolute atomic E-state index is 0.0780. The van der Waals surface area contributed by atoms with Crippen LogP contribution in [-0.2, 0) is 0 Å². The maximum absolute atomic E-state index is 12.0. The van der Waals surface area contributed by atoms with Crippen molar-refractivity contribution in [1.29, 1.82) is 0 Å². The minimum Gasteiger partial charge on any atom is -0.478 e. The normalized spacial score (nSPS) is 11.8. The second kappa shape index (κ2) is 7.14. The molecule has 0 aromatic heterocycles. The van der Waals surface area contributed by atoms with Crippen LogP contribution in [0.5, 0.6) is 0 Å². The highest BCUT2D eigenvalue weighted by Crippen LogP contribution is 2.23. The van der Waals surface area contributed by atoms with Crippen molar-refractivity contribution in [2.24, 2.45) is 5.92 Å². The van der Waals surface area contributed by atoms with Crippen molar-refractivity contribution in [3.05, 3.63) is 28.8 Å². The first kappa shape index (κ1) is 16.3. The number of anilines is 1. The molecule has 1 rings (SSSR count). The first-order valence-electron chi connectivity index (χ1n) is 6.40. The topological polar surface area (TPSA) is 69.6 Å². The molecule has 0 radical (unpaired) electrons. The van der Waals surface area contributed by atoms with Crippen LogP contribution in [-0.4, -0.2) is 35.6 Å². The molecule has 0 heterocycles. The van der Waals surface area contributed by atoms with E-state index in [-0.39, 0.29) is 11.6 Å². The van der Waals surface area contributed by atoms with Gasteiger partial charge in [0.05, 0.1) is 16.3 Å². The summed E-state index contributed by atoms with van der Waals surface area (Å²) >= 11 is 5.96. The Balaban J connectivity index is 2.79. The summed E-state index contributed by atoms with van der Waals surface area (Å²) < 4.78 is 0. The van der Waals surface area contributed by atoms with E-state index in [2.05, 4.69) is 19.2 Å². The van der Waals surface area contributed by atoms with Crippen LogP contribution in [0.15, 0.2) is 18.2 Å². The summed E-state index contributed by atoms with van der Waals surface area (Å²) in [4.78, 5) is 24.5. The second-order valence-electron chi connectivity index (χ2n) is 4.82.